The number of nitrogens with zero attached hydrogens (tertiary/aromatic N) is 1. The van der Waals surface area contributed by atoms with Crippen LogP contribution in [0.5, 0.6) is 0 Å². The number of anilines is 1. The molecule has 19 heavy (non-hydrogen) atoms. The van der Waals surface area contributed by atoms with Crippen molar-refractivity contribution in [3.8, 4) is 0 Å². The number of aliphatic hydroxyl groups excluding tert-OH is 1. The summed E-state index contributed by atoms with van der Waals surface area (Å²) in [6, 6.07) is 9.22. The molecule has 1 heterocycles. The van der Waals surface area contributed by atoms with Gasteiger partial charge < -0.3 is 15.7 Å². The van der Waals surface area contributed by atoms with Crippen molar-refractivity contribution >= 4 is 5.69 Å². The zero-order valence-electron chi connectivity index (χ0n) is 11.9. The smallest absolute Gasteiger partial charge is 0.0431 e. The van der Waals surface area contributed by atoms with Gasteiger partial charge in [0.25, 0.3) is 0 Å². The fourth-order valence-electron chi connectivity index (χ4n) is 3.06. The van der Waals surface area contributed by atoms with Gasteiger partial charge >= 0.3 is 0 Å². The van der Waals surface area contributed by atoms with Gasteiger partial charge in [0.15, 0.2) is 0 Å². The lowest BCUT2D eigenvalue weighted by molar-refractivity contribution is 0.279. The van der Waals surface area contributed by atoms with Crippen LogP contribution in [0.4, 0.5) is 5.69 Å². The van der Waals surface area contributed by atoms with Crippen LogP contribution in [0.25, 0.3) is 0 Å². The van der Waals surface area contributed by atoms with Crippen molar-refractivity contribution in [3.63, 3.8) is 0 Å². The van der Waals surface area contributed by atoms with Crippen LogP contribution in [0.2, 0.25) is 0 Å². The van der Waals surface area contributed by atoms with Gasteiger partial charge in [-0.1, -0.05) is 25.1 Å². The number of rotatable bonds is 6. The van der Waals surface area contributed by atoms with E-state index >= 15 is 0 Å². The molecule has 1 aliphatic rings. The molecule has 2 rings (SSSR count). The third-order valence-corrected chi connectivity index (χ3v) is 4.16. The SMILES string of the molecule is CC[C@H](N)c1ccccc1N1CCCC1CCCO. The summed E-state index contributed by atoms with van der Waals surface area (Å²) in [6.07, 6.45) is 5.41. The molecule has 0 bridgehead atoms. The summed E-state index contributed by atoms with van der Waals surface area (Å²) in [5, 5.41) is 9.03. The van der Waals surface area contributed by atoms with E-state index in [0.29, 0.717) is 12.6 Å². The first-order valence-corrected chi connectivity index (χ1v) is 7.50. The Morgan fingerprint density at radius 3 is 2.95 bits per heavy atom. The van der Waals surface area contributed by atoms with Crippen LogP contribution >= 0.6 is 0 Å². The van der Waals surface area contributed by atoms with E-state index in [-0.39, 0.29) is 6.04 Å². The molecule has 1 aliphatic heterocycles. The van der Waals surface area contributed by atoms with Gasteiger partial charge in [0.2, 0.25) is 0 Å². The second-order valence-corrected chi connectivity index (χ2v) is 5.43. The molecular formula is C16H26N2O. The van der Waals surface area contributed by atoms with Crippen molar-refractivity contribution in [2.24, 2.45) is 5.73 Å². The first-order valence-electron chi connectivity index (χ1n) is 7.50. The Morgan fingerprint density at radius 1 is 1.42 bits per heavy atom. The van der Waals surface area contributed by atoms with Crippen LogP contribution in [-0.2, 0) is 0 Å². The van der Waals surface area contributed by atoms with Crippen molar-refractivity contribution in [1.29, 1.82) is 0 Å². The highest BCUT2D eigenvalue weighted by Crippen LogP contribution is 2.33. The van der Waals surface area contributed by atoms with E-state index in [2.05, 4.69) is 36.1 Å². The number of hydrogen-bond donors (Lipinski definition) is 2. The number of benzene rings is 1. The van der Waals surface area contributed by atoms with Crippen molar-refractivity contribution in [2.75, 3.05) is 18.1 Å². The van der Waals surface area contributed by atoms with Gasteiger partial charge in [0.05, 0.1) is 0 Å². The molecule has 0 radical (unpaired) electrons. The maximum absolute atomic E-state index is 9.03. The molecule has 0 amide bonds. The van der Waals surface area contributed by atoms with E-state index in [1.165, 1.54) is 24.1 Å². The summed E-state index contributed by atoms with van der Waals surface area (Å²) in [5.74, 6) is 0. The van der Waals surface area contributed by atoms with Crippen LogP contribution < -0.4 is 10.6 Å². The second-order valence-electron chi connectivity index (χ2n) is 5.43. The highest BCUT2D eigenvalue weighted by Gasteiger charge is 2.26. The van der Waals surface area contributed by atoms with Crippen LogP contribution in [0.1, 0.15) is 50.6 Å². The van der Waals surface area contributed by atoms with E-state index in [0.717, 1.165) is 25.8 Å². The quantitative estimate of drug-likeness (QED) is 0.829. The fraction of sp³-hybridized carbons (Fsp3) is 0.625. The fourth-order valence-corrected chi connectivity index (χ4v) is 3.06. The minimum absolute atomic E-state index is 0.121. The monoisotopic (exact) mass is 262 g/mol. The zero-order chi connectivity index (χ0) is 13.7. The average molecular weight is 262 g/mol. The van der Waals surface area contributed by atoms with Gasteiger partial charge in [-0.3, -0.25) is 0 Å². The third kappa shape index (κ3) is 3.28. The predicted octanol–water partition coefficient (Wildman–Crippen LogP) is 2.84. The molecule has 3 nitrogen and oxygen atoms in total. The Morgan fingerprint density at radius 2 is 2.21 bits per heavy atom. The topological polar surface area (TPSA) is 49.5 Å². The van der Waals surface area contributed by atoms with Gasteiger partial charge in [-0.05, 0) is 43.7 Å². The third-order valence-electron chi connectivity index (χ3n) is 4.16. The highest BCUT2D eigenvalue weighted by molar-refractivity contribution is 5.56. The Labute approximate surface area is 116 Å². The van der Waals surface area contributed by atoms with Crippen molar-refractivity contribution in [2.45, 2.75) is 51.1 Å². The summed E-state index contributed by atoms with van der Waals surface area (Å²) in [4.78, 5) is 2.50. The number of nitrogens with two attached hydrogens (primary N) is 1. The average Bonchev–Trinajstić information content (AvgIpc) is 2.92. The van der Waals surface area contributed by atoms with Crippen LogP contribution in [0.15, 0.2) is 24.3 Å². The molecule has 2 atom stereocenters. The van der Waals surface area contributed by atoms with Gasteiger partial charge in [0.1, 0.15) is 0 Å². The van der Waals surface area contributed by atoms with E-state index in [1.54, 1.807) is 0 Å². The summed E-state index contributed by atoms with van der Waals surface area (Å²) < 4.78 is 0. The summed E-state index contributed by atoms with van der Waals surface area (Å²) in [6.45, 7) is 3.54. The molecule has 1 saturated heterocycles. The lowest BCUT2D eigenvalue weighted by Crippen LogP contribution is -2.31. The van der Waals surface area contributed by atoms with Crippen molar-refractivity contribution < 1.29 is 5.11 Å². The first kappa shape index (κ1) is 14.4. The molecule has 0 saturated carbocycles. The maximum Gasteiger partial charge on any atom is 0.0431 e. The van der Waals surface area contributed by atoms with E-state index in [1.807, 2.05) is 0 Å². The zero-order valence-corrected chi connectivity index (χ0v) is 11.9. The molecule has 0 spiro atoms. The highest BCUT2D eigenvalue weighted by atomic mass is 16.2. The Kier molecular flexibility index (Phi) is 5.23. The Hall–Kier alpha value is -1.06. The van der Waals surface area contributed by atoms with Crippen molar-refractivity contribution in [1.82, 2.24) is 0 Å². The Balaban J connectivity index is 2.20. The minimum Gasteiger partial charge on any atom is -0.396 e. The largest absolute Gasteiger partial charge is 0.396 e. The lowest BCUT2D eigenvalue weighted by Gasteiger charge is -2.30. The Bertz CT molecular complexity index is 394. The molecule has 1 aromatic carbocycles. The summed E-state index contributed by atoms with van der Waals surface area (Å²) in [7, 11) is 0. The van der Waals surface area contributed by atoms with Gasteiger partial charge in [-0.15, -0.1) is 0 Å². The molecule has 1 unspecified atom stereocenters. The maximum atomic E-state index is 9.03. The standard InChI is InChI=1S/C16H26N2O/c1-2-15(17)14-9-3-4-10-16(14)18-11-5-7-13(18)8-6-12-19/h3-4,9-10,13,15,19H,2,5-8,11-12,17H2,1H3/t13?,15-/m0/s1. The number of aliphatic hydroxyl groups is 1. The molecule has 0 aliphatic carbocycles. The molecule has 3 N–H and O–H groups in total. The summed E-state index contributed by atoms with van der Waals surface area (Å²) >= 11 is 0. The van der Waals surface area contributed by atoms with Gasteiger partial charge in [-0.25, -0.2) is 0 Å². The second kappa shape index (κ2) is 6.92. The molecule has 0 aromatic heterocycles. The van der Waals surface area contributed by atoms with E-state index < -0.39 is 0 Å². The normalized spacial score (nSPS) is 20.8. The van der Waals surface area contributed by atoms with Crippen LogP contribution in [0.3, 0.4) is 0 Å². The van der Waals surface area contributed by atoms with Crippen molar-refractivity contribution in [3.05, 3.63) is 29.8 Å². The van der Waals surface area contributed by atoms with Gasteiger partial charge in [0, 0.05) is 30.9 Å². The van der Waals surface area contributed by atoms with E-state index in [4.69, 9.17) is 10.8 Å². The summed E-state index contributed by atoms with van der Waals surface area (Å²) in [5.41, 5.74) is 8.81. The molecule has 106 valence electrons. The number of para-hydroxylation sites is 1. The molecular weight excluding hydrogens is 236 g/mol. The minimum atomic E-state index is 0.121. The molecule has 1 fully saturated rings. The molecule has 1 aromatic rings. The number of hydrogen-bond acceptors (Lipinski definition) is 3. The molecule has 3 heteroatoms. The lowest BCUT2D eigenvalue weighted by atomic mass is 10.0. The predicted molar refractivity (Wildman–Crippen MR) is 80.3 cm³/mol. The van der Waals surface area contributed by atoms with Crippen LogP contribution in [-0.4, -0.2) is 24.3 Å². The van der Waals surface area contributed by atoms with Crippen LogP contribution in [0, 0.1) is 0 Å². The van der Waals surface area contributed by atoms with Gasteiger partial charge in [-0.2, -0.15) is 0 Å². The van der Waals surface area contributed by atoms with E-state index in [9.17, 15) is 0 Å². The first-order chi connectivity index (χ1) is 9.27.